The molecular weight excluding hydrogens is 253 g/mol. The van der Waals surface area contributed by atoms with E-state index in [1.807, 2.05) is 0 Å². The predicted octanol–water partition coefficient (Wildman–Crippen LogP) is 1.61. The molecule has 0 saturated carbocycles. The summed E-state index contributed by atoms with van der Waals surface area (Å²) < 4.78 is 19.4. The second-order valence-corrected chi connectivity index (χ2v) is 3.97. The standard InChI is InChI=1S/C13H12FNO4/c1-2-18-10(16)8-13(14)11(15-19-12(13)17)9-6-4-3-5-7-9/h3-7H,2,8H2,1H3/t13-/m1/s1. The van der Waals surface area contributed by atoms with Crippen LogP contribution in [0.5, 0.6) is 0 Å². The van der Waals surface area contributed by atoms with E-state index in [0.29, 0.717) is 5.56 Å². The molecule has 0 radical (unpaired) electrons. The SMILES string of the molecule is CCOC(=O)C[C@]1(F)C(=O)ON=C1c1ccccc1. The fourth-order valence-electron chi connectivity index (χ4n) is 1.77. The van der Waals surface area contributed by atoms with E-state index in [4.69, 9.17) is 0 Å². The van der Waals surface area contributed by atoms with Crippen LogP contribution in [0.4, 0.5) is 4.39 Å². The number of alkyl halides is 1. The maximum absolute atomic E-state index is 14.7. The van der Waals surface area contributed by atoms with Gasteiger partial charge in [0.15, 0.2) is 0 Å². The molecule has 2 rings (SSSR count). The zero-order valence-corrected chi connectivity index (χ0v) is 10.3. The Labute approximate surface area is 109 Å². The van der Waals surface area contributed by atoms with Gasteiger partial charge in [0.05, 0.1) is 13.0 Å². The summed E-state index contributed by atoms with van der Waals surface area (Å²) in [5.41, 5.74) is -2.40. The summed E-state index contributed by atoms with van der Waals surface area (Å²) in [6.07, 6.45) is -0.743. The van der Waals surface area contributed by atoms with Crippen LogP contribution in [0.2, 0.25) is 0 Å². The van der Waals surface area contributed by atoms with E-state index >= 15 is 0 Å². The van der Waals surface area contributed by atoms with Crippen LogP contribution in [0, 0.1) is 0 Å². The molecule has 6 heteroatoms. The average molecular weight is 265 g/mol. The van der Waals surface area contributed by atoms with Gasteiger partial charge in [-0.3, -0.25) is 4.79 Å². The number of hydrogen-bond acceptors (Lipinski definition) is 5. The topological polar surface area (TPSA) is 65.0 Å². The Hall–Kier alpha value is -2.24. The number of benzene rings is 1. The maximum atomic E-state index is 14.7. The highest BCUT2D eigenvalue weighted by Gasteiger charge is 2.53. The Morgan fingerprint density at radius 1 is 1.42 bits per heavy atom. The molecule has 0 aliphatic carbocycles. The van der Waals surface area contributed by atoms with E-state index < -0.39 is 24.0 Å². The number of oxime groups is 1. The van der Waals surface area contributed by atoms with Crippen LogP contribution in [0.25, 0.3) is 0 Å². The smallest absolute Gasteiger partial charge is 0.378 e. The highest BCUT2D eigenvalue weighted by Crippen LogP contribution is 2.30. The molecule has 1 heterocycles. The zero-order chi connectivity index (χ0) is 13.9. The van der Waals surface area contributed by atoms with Crippen molar-refractivity contribution in [3.63, 3.8) is 0 Å². The lowest BCUT2D eigenvalue weighted by molar-refractivity contribution is -0.156. The number of carbonyl (C=O) groups excluding carboxylic acids is 2. The molecule has 1 atom stereocenters. The molecule has 1 aromatic carbocycles. The van der Waals surface area contributed by atoms with Gasteiger partial charge >= 0.3 is 11.9 Å². The van der Waals surface area contributed by atoms with E-state index in [2.05, 4.69) is 14.7 Å². The summed E-state index contributed by atoms with van der Waals surface area (Å²) >= 11 is 0. The second-order valence-electron chi connectivity index (χ2n) is 3.97. The zero-order valence-electron chi connectivity index (χ0n) is 10.3. The number of halogens is 1. The number of rotatable bonds is 4. The van der Waals surface area contributed by atoms with Gasteiger partial charge in [0.25, 0.3) is 5.67 Å². The molecule has 5 nitrogen and oxygen atoms in total. The Morgan fingerprint density at radius 2 is 2.11 bits per heavy atom. The minimum absolute atomic E-state index is 0.113. The molecule has 0 N–H and O–H groups in total. The van der Waals surface area contributed by atoms with Crippen LogP contribution in [-0.4, -0.2) is 29.9 Å². The molecule has 0 bridgehead atoms. The first-order chi connectivity index (χ1) is 9.08. The fraction of sp³-hybridized carbons (Fsp3) is 0.308. The van der Waals surface area contributed by atoms with Crippen molar-refractivity contribution in [3.8, 4) is 0 Å². The van der Waals surface area contributed by atoms with Gasteiger partial charge in [-0.05, 0) is 6.92 Å². The summed E-state index contributed by atoms with van der Waals surface area (Å²) in [6.45, 7) is 1.71. The third-order valence-corrected chi connectivity index (χ3v) is 2.66. The molecule has 0 spiro atoms. The van der Waals surface area contributed by atoms with Gasteiger partial charge in [-0.2, -0.15) is 0 Å². The second kappa shape index (κ2) is 5.17. The van der Waals surface area contributed by atoms with Crippen molar-refractivity contribution in [1.82, 2.24) is 0 Å². The van der Waals surface area contributed by atoms with Gasteiger partial charge in [0.1, 0.15) is 5.71 Å². The minimum Gasteiger partial charge on any atom is -0.466 e. The Balaban J connectivity index is 2.28. The van der Waals surface area contributed by atoms with E-state index in [1.165, 1.54) is 0 Å². The van der Waals surface area contributed by atoms with Crippen LogP contribution >= 0.6 is 0 Å². The highest BCUT2D eigenvalue weighted by molar-refractivity contribution is 6.21. The minimum atomic E-state index is -2.59. The molecule has 0 amide bonds. The molecule has 0 unspecified atom stereocenters. The summed E-state index contributed by atoms with van der Waals surface area (Å²) in [5, 5.41) is 3.44. The molecule has 0 fully saturated rings. The van der Waals surface area contributed by atoms with Gasteiger partial charge < -0.3 is 9.57 Å². The molecule has 100 valence electrons. The van der Waals surface area contributed by atoms with Crippen molar-refractivity contribution in [2.45, 2.75) is 19.0 Å². The predicted molar refractivity (Wildman–Crippen MR) is 64.2 cm³/mol. The first kappa shape index (κ1) is 13.2. The van der Waals surface area contributed by atoms with Crippen LogP contribution in [0.3, 0.4) is 0 Å². The van der Waals surface area contributed by atoms with E-state index in [1.54, 1.807) is 37.3 Å². The van der Waals surface area contributed by atoms with Crippen LogP contribution in [0.1, 0.15) is 18.9 Å². The van der Waals surface area contributed by atoms with Crippen LogP contribution in [-0.2, 0) is 19.2 Å². The van der Waals surface area contributed by atoms with Gasteiger partial charge in [-0.1, -0.05) is 35.5 Å². The van der Waals surface area contributed by atoms with Crippen LogP contribution in [0.15, 0.2) is 35.5 Å². The Morgan fingerprint density at radius 3 is 2.74 bits per heavy atom. The van der Waals surface area contributed by atoms with Gasteiger partial charge in [0.2, 0.25) is 0 Å². The number of ether oxygens (including phenoxy) is 1. The Bertz CT molecular complexity index is 529. The van der Waals surface area contributed by atoms with Gasteiger partial charge in [-0.15, -0.1) is 0 Å². The number of hydrogen-bond donors (Lipinski definition) is 0. The lowest BCUT2D eigenvalue weighted by atomic mass is 9.91. The first-order valence-electron chi connectivity index (χ1n) is 5.78. The number of esters is 1. The summed E-state index contributed by atoms with van der Waals surface area (Å²) in [6, 6.07) is 8.25. The summed E-state index contributed by atoms with van der Waals surface area (Å²) in [4.78, 5) is 27.3. The van der Waals surface area contributed by atoms with Gasteiger partial charge in [-0.25, -0.2) is 9.18 Å². The van der Waals surface area contributed by atoms with Gasteiger partial charge in [0, 0.05) is 5.56 Å². The fourth-order valence-corrected chi connectivity index (χ4v) is 1.77. The summed E-state index contributed by atoms with van der Waals surface area (Å²) in [7, 11) is 0. The van der Waals surface area contributed by atoms with E-state index in [0.717, 1.165) is 0 Å². The van der Waals surface area contributed by atoms with Crippen molar-refractivity contribution >= 4 is 17.7 Å². The monoisotopic (exact) mass is 265 g/mol. The largest absolute Gasteiger partial charge is 0.466 e. The average Bonchev–Trinajstić information content (AvgIpc) is 2.67. The van der Waals surface area contributed by atoms with E-state index in [9.17, 15) is 14.0 Å². The normalized spacial score (nSPS) is 21.8. The third-order valence-electron chi connectivity index (χ3n) is 2.66. The van der Waals surface area contributed by atoms with Crippen molar-refractivity contribution in [3.05, 3.63) is 35.9 Å². The molecule has 1 aromatic rings. The molecule has 1 aliphatic heterocycles. The number of nitrogens with zero attached hydrogens (tertiary/aromatic N) is 1. The van der Waals surface area contributed by atoms with Crippen molar-refractivity contribution in [1.29, 1.82) is 0 Å². The first-order valence-corrected chi connectivity index (χ1v) is 5.78. The summed E-state index contributed by atoms with van der Waals surface area (Å²) in [5.74, 6) is -2.01. The maximum Gasteiger partial charge on any atom is 0.378 e. The molecular formula is C13H12FNO4. The molecule has 0 aromatic heterocycles. The third kappa shape index (κ3) is 2.47. The Kier molecular flexibility index (Phi) is 3.59. The molecule has 0 saturated heterocycles. The van der Waals surface area contributed by atoms with Crippen LogP contribution < -0.4 is 0 Å². The lowest BCUT2D eigenvalue weighted by Gasteiger charge is -2.16. The quantitative estimate of drug-likeness (QED) is 0.612. The molecule has 19 heavy (non-hydrogen) atoms. The van der Waals surface area contributed by atoms with E-state index in [-0.39, 0.29) is 12.3 Å². The lowest BCUT2D eigenvalue weighted by Crippen LogP contribution is -2.41. The highest BCUT2D eigenvalue weighted by atomic mass is 19.1. The van der Waals surface area contributed by atoms with Crippen molar-refractivity contribution in [2.75, 3.05) is 6.61 Å². The van der Waals surface area contributed by atoms with Crippen molar-refractivity contribution < 1.29 is 23.6 Å². The molecule has 1 aliphatic rings. The number of carbonyl (C=O) groups is 2. The van der Waals surface area contributed by atoms with Crippen molar-refractivity contribution in [2.24, 2.45) is 5.16 Å².